The first kappa shape index (κ1) is 25.3. The van der Waals surface area contributed by atoms with E-state index in [0.717, 1.165) is 32.6 Å². The first-order valence-electron chi connectivity index (χ1n) is 7.60. The van der Waals surface area contributed by atoms with Crippen molar-refractivity contribution in [1.82, 2.24) is 0 Å². The molecule has 22 heavy (non-hydrogen) atoms. The quantitative estimate of drug-likeness (QED) is 0.411. The van der Waals surface area contributed by atoms with Crippen LogP contribution in [0.5, 0.6) is 0 Å². The Balaban J connectivity index is 0. The third kappa shape index (κ3) is 19.2. The molecule has 2 aliphatic heterocycles. The van der Waals surface area contributed by atoms with Crippen LogP contribution in [0.3, 0.4) is 0 Å². The molecular formula is C15H31Cl2N2O2Pt-3. The van der Waals surface area contributed by atoms with Crippen LogP contribution in [-0.4, -0.2) is 50.6 Å². The van der Waals surface area contributed by atoms with Gasteiger partial charge in [0.2, 0.25) is 0 Å². The van der Waals surface area contributed by atoms with Crippen LogP contribution in [0.4, 0.5) is 0 Å². The Kier molecular flexibility index (Phi) is 21.3. The monoisotopic (exact) mass is 536 g/mol. The van der Waals surface area contributed by atoms with Gasteiger partial charge in [-0.15, -0.1) is 26.2 Å². The van der Waals surface area contributed by atoms with Gasteiger partial charge >= 0.3 is 35.3 Å². The second-order valence-electron chi connectivity index (χ2n) is 5.24. The molecule has 0 aromatic heterocycles. The molecule has 4 unspecified atom stereocenters. The average Bonchev–Trinajstić information content (AvgIpc) is 2.40. The molecule has 2 heterocycles. The normalized spacial score (nSPS) is 30.7. The van der Waals surface area contributed by atoms with E-state index in [1.807, 2.05) is 6.92 Å². The van der Waals surface area contributed by atoms with Crippen LogP contribution in [0.1, 0.15) is 41.0 Å². The standard InChI is InChI=1S/2C6H12NO.C3H7.2ClH.Pt/c2*1-5-3-7-4-6(2)8-5;1-3-2;;;/h2*5-6H,3-4H2,1-2H3;1,3H2,2H3;2*1H;/q3*-1;;;+2/p-2. The summed E-state index contributed by atoms with van der Waals surface area (Å²) in [5, 5.41) is 8.43. The van der Waals surface area contributed by atoms with Crippen LogP contribution in [0.15, 0.2) is 0 Å². The predicted octanol–water partition coefficient (Wildman–Crippen LogP) is 4.94. The zero-order valence-corrected chi connectivity index (χ0v) is 18.1. The summed E-state index contributed by atoms with van der Waals surface area (Å²) < 4.78 is 10.8. The SMILES string of the molecule is CC1C[N-]CC(C)O1.CC1C[N-]CC(C)O1.[CH2-]CC.[Cl][Pt][Cl]. The van der Waals surface area contributed by atoms with Gasteiger partial charge in [-0.1, -0.05) is 6.92 Å². The van der Waals surface area contributed by atoms with Gasteiger partial charge in [0.15, 0.2) is 0 Å². The number of hydrogen-bond donors (Lipinski definition) is 0. The van der Waals surface area contributed by atoms with Crippen molar-refractivity contribution in [3.05, 3.63) is 17.6 Å². The summed E-state index contributed by atoms with van der Waals surface area (Å²) in [5.41, 5.74) is 0. The van der Waals surface area contributed by atoms with Gasteiger partial charge in [-0.3, -0.25) is 0 Å². The van der Waals surface area contributed by atoms with Crippen molar-refractivity contribution >= 4 is 18.8 Å². The first-order chi connectivity index (χ1) is 10.4. The van der Waals surface area contributed by atoms with Crippen LogP contribution in [0.25, 0.3) is 10.6 Å². The Bertz CT molecular complexity index is 192. The molecule has 0 radical (unpaired) electrons. The first-order valence-corrected chi connectivity index (χ1v) is 13.2. The van der Waals surface area contributed by atoms with Crippen LogP contribution < -0.4 is 0 Å². The minimum absolute atomic E-state index is 0.346. The van der Waals surface area contributed by atoms with Crippen molar-refractivity contribution in [3.63, 3.8) is 0 Å². The summed E-state index contributed by atoms with van der Waals surface area (Å²) in [7, 11) is 9.75. The van der Waals surface area contributed by atoms with E-state index in [1.165, 1.54) is 0 Å². The van der Waals surface area contributed by atoms with E-state index in [2.05, 4.69) is 45.3 Å². The molecule has 4 nitrogen and oxygen atoms in total. The fraction of sp³-hybridized carbons (Fsp3) is 0.933. The molecule has 7 heteroatoms. The number of halogens is 2. The molecule has 2 fully saturated rings. The van der Waals surface area contributed by atoms with E-state index in [-0.39, 0.29) is 0 Å². The van der Waals surface area contributed by atoms with E-state index >= 15 is 0 Å². The van der Waals surface area contributed by atoms with Crippen LogP contribution in [-0.2, 0) is 26.0 Å². The molecule has 0 N–H and O–H groups in total. The molecule has 140 valence electrons. The van der Waals surface area contributed by atoms with Gasteiger partial charge in [0.1, 0.15) is 0 Å². The van der Waals surface area contributed by atoms with Gasteiger partial charge in [0.05, 0.1) is 0 Å². The Hall–Kier alpha value is 1.11. The molecule has 0 aromatic carbocycles. The summed E-state index contributed by atoms with van der Waals surface area (Å²) in [4.78, 5) is 0. The zero-order chi connectivity index (χ0) is 17.4. The molecule has 2 aliphatic rings. The average molecular weight is 537 g/mol. The Morgan fingerprint density at radius 2 is 1.05 bits per heavy atom. The summed E-state index contributed by atoms with van der Waals surface area (Å²) in [6, 6.07) is 0. The summed E-state index contributed by atoms with van der Waals surface area (Å²) in [5.74, 6) is 0. The molecule has 0 aromatic rings. The molecule has 0 aliphatic carbocycles. The Morgan fingerprint density at radius 1 is 0.864 bits per heavy atom. The number of rotatable bonds is 0. The number of hydrogen-bond acceptors (Lipinski definition) is 2. The fourth-order valence-corrected chi connectivity index (χ4v) is 1.84. The van der Waals surface area contributed by atoms with E-state index in [0.29, 0.717) is 24.4 Å². The maximum atomic E-state index is 5.39. The van der Waals surface area contributed by atoms with E-state index < -0.39 is 16.5 Å². The third-order valence-electron chi connectivity index (χ3n) is 2.47. The predicted molar refractivity (Wildman–Crippen MR) is 93.6 cm³/mol. The van der Waals surface area contributed by atoms with Crippen LogP contribution >= 0.6 is 18.8 Å². The van der Waals surface area contributed by atoms with Gasteiger partial charge in [0.25, 0.3) is 0 Å². The molecule has 0 bridgehead atoms. The molecule has 0 spiro atoms. The summed E-state index contributed by atoms with van der Waals surface area (Å²) in [6.07, 6.45) is 2.38. The Morgan fingerprint density at radius 3 is 1.14 bits per heavy atom. The summed E-state index contributed by atoms with van der Waals surface area (Å²) >= 11 is -0.472. The van der Waals surface area contributed by atoms with Gasteiger partial charge in [-0.2, -0.15) is 6.42 Å². The second kappa shape index (κ2) is 18.4. The molecule has 4 atom stereocenters. The van der Waals surface area contributed by atoms with Crippen molar-refractivity contribution in [1.29, 1.82) is 0 Å². The Labute approximate surface area is 153 Å². The van der Waals surface area contributed by atoms with Crippen molar-refractivity contribution in [2.75, 3.05) is 26.2 Å². The maximum absolute atomic E-state index is 5.39. The minimum atomic E-state index is -0.472. The van der Waals surface area contributed by atoms with Crippen molar-refractivity contribution in [2.24, 2.45) is 0 Å². The van der Waals surface area contributed by atoms with Crippen molar-refractivity contribution < 1.29 is 26.0 Å². The van der Waals surface area contributed by atoms with E-state index in [1.54, 1.807) is 0 Å². The molecule has 0 amide bonds. The number of morpholine rings is 2. The summed E-state index contributed by atoms with van der Waals surface area (Å²) in [6.45, 7) is 17.2. The topological polar surface area (TPSA) is 46.7 Å². The molecule has 2 rings (SSSR count). The second-order valence-corrected chi connectivity index (χ2v) is 8.52. The van der Waals surface area contributed by atoms with Gasteiger partial charge < -0.3 is 27.0 Å². The van der Waals surface area contributed by atoms with Gasteiger partial charge in [-0.05, 0) is 27.7 Å². The van der Waals surface area contributed by atoms with Crippen molar-refractivity contribution in [2.45, 2.75) is 65.5 Å². The van der Waals surface area contributed by atoms with Gasteiger partial charge in [-0.25, -0.2) is 0 Å². The molecule has 2 saturated heterocycles. The van der Waals surface area contributed by atoms with Crippen molar-refractivity contribution in [3.8, 4) is 0 Å². The van der Waals surface area contributed by atoms with Gasteiger partial charge in [0, 0.05) is 24.4 Å². The third-order valence-corrected chi connectivity index (χ3v) is 2.47. The molecular weight excluding hydrogens is 506 g/mol. The van der Waals surface area contributed by atoms with E-state index in [4.69, 9.17) is 28.3 Å². The fourth-order valence-electron chi connectivity index (χ4n) is 1.84. The zero-order valence-electron chi connectivity index (χ0n) is 14.3. The van der Waals surface area contributed by atoms with E-state index in [9.17, 15) is 0 Å². The van der Waals surface area contributed by atoms with Crippen LogP contribution in [0, 0.1) is 6.92 Å². The van der Waals surface area contributed by atoms with Crippen LogP contribution in [0.2, 0.25) is 0 Å². The number of nitrogens with zero attached hydrogens (tertiary/aromatic N) is 2. The number of ether oxygens (including phenoxy) is 2. The molecule has 0 saturated carbocycles.